The molecular formula is C26H28BrClN4O4S. The molecule has 2 heterocycles. The van der Waals surface area contributed by atoms with Gasteiger partial charge in [-0.1, -0.05) is 41.6 Å². The number of allylic oxidation sites excluding steroid dienone is 1. The molecule has 1 atom stereocenters. The molecule has 0 radical (unpaired) electrons. The lowest BCUT2D eigenvalue weighted by molar-refractivity contribution is -0.143. The molecule has 1 aliphatic rings. The van der Waals surface area contributed by atoms with E-state index in [2.05, 4.69) is 21.2 Å². The number of anilines is 1. The fourth-order valence-corrected chi connectivity index (χ4v) is 5.74. The molecule has 0 fully saturated rings. The highest BCUT2D eigenvalue weighted by molar-refractivity contribution is 9.10. The molecule has 8 nitrogen and oxygen atoms in total. The van der Waals surface area contributed by atoms with Gasteiger partial charge in [-0.15, -0.1) is 5.10 Å². The first-order valence-corrected chi connectivity index (χ1v) is 13.9. The minimum absolute atomic E-state index is 0.283. The monoisotopic (exact) mass is 606 g/mol. The third kappa shape index (κ3) is 5.91. The number of hydrogen-bond acceptors (Lipinski definition) is 8. The van der Waals surface area contributed by atoms with Crippen LogP contribution in [0.15, 0.2) is 57.3 Å². The molecule has 196 valence electrons. The summed E-state index contributed by atoms with van der Waals surface area (Å²) >= 11 is 11.4. The summed E-state index contributed by atoms with van der Waals surface area (Å²) in [6.07, 6.45) is -0.283. The summed E-state index contributed by atoms with van der Waals surface area (Å²) in [6, 6.07) is 10.8. The topological polar surface area (TPSA) is 87.5 Å². The SMILES string of the molecule is CCOc1cc(C2C(C(=O)OC(C)C)=C(C)Nc3nc(SCc4ccccc4Cl)nn32)cc(Br)c1OC. The van der Waals surface area contributed by atoms with E-state index in [1.165, 1.54) is 11.8 Å². The molecule has 0 saturated heterocycles. The number of methoxy groups -OCH3 is 1. The summed E-state index contributed by atoms with van der Waals surface area (Å²) < 4.78 is 19.4. The van der Waals surface area contributed by atoms with Crippen LogP contribution in [0.1, 0.15) is 44.9 Å². The lowest BCUT2D eigenvalue weighted by Crippen LogP contribution is -2.30. The minimum Gasteiger partial charge on any atom is -0.492 e. The quantitative estimate of drug-likeness (QED) is 0.214. The van der Waals surface area contributed by atoms with Gasteiger partial charge in [0, 0.05) is 16.5 Å². The Labute approximate surface area is 233 Å². The molecule has 0 aliphatic carbocycles. The third-order valence-corrected chi connectivity index (χ3v) is 7.41. The van der Waals surface area contributed by atoms with Crippen molar-refractivity contribution < 1.29 is 19.0 Å². The first-order chi connectivity index (χ1) is 17.7. The molecule has 0 spiro atoms. The maximum absolute atomic E-state index is 13.3. The normalized spacial score (nSPS) is 14.9. The van der Waals surface area contributed by atoms with Crippen LogP contribution in [0.3, 0.4) is 0 Å². The Balaban J connectivity index is 1.79. The molecule has 11 heteroatoms. The van der Waals surface area contributed by atoms with Gasteiger partial charge in [0.15, 0.2) is 11.5 Å². The van der Waals surface area contributed by atoms with E-state index in [1.54, 1.807) is 11.8 Å². The van der Waals surface area contributed by atoms with Crippen LogP contribution in [0.5, 0.6) is 11.5 Å². The molecule has 0 saturated carbocycles. The Bertz CT molecular complexity index is 1340. The van der Waals surface area contributed by atoms with Gasteiger partial charge in [0.05, 0.1) is 29.9 Å². The zero-order valence-electron chi connectivity index (χ0n) is 21.2. The van der Waals surface area contributed by atoms with E-state index in [9.17, 15) is 4.79 Å². The van der Waals surface area contributed by atoms with E-state index in [4.69, 9.17) is 35.9 Å². The first kappa shape index (κ1) is 27.3. The number of ether oxygens (including phenoxy) is 3. The van der Waals surface area contributed by atoms with Crippen molar-refractivity contribution in [2.75, 3.05) is 19.0 Å². The average Bonchev–Trinajstić information content (AvgIpc) is 3.24. The van der Waals surface area contributed by atoms with E-state index in [0.29, 0.717) is 55.7 Å². The van der Waals surface area contributed by atoms with E-state index in [-0.39, 0.29) is 6.10 Å². The number of halogens is 2. The Kier molecular flexibility index (Phi) is 8.71. The van der Waals surface area contributed by atoms with Gasteiger partial charge in [-0.25, -0.2) is 9.48 Å². The fourth-order valence-electron chi connectivity index (χ4n) is 4.01. The first-order valence-electron chi connectivity index (χ1n) is 11.7. The highest BCUT2D eigenvalue weighted by Gasteiger charge is 2.36. The second-order valence-corrected chi connectivity index (χ2v) is 10.7. The van der Waals surface area contributed by atoms with Crippen molar-refractivity contribution in [3.8, 4) is 11.5 Å². The van der Waals surface area contributed by atoms with Gasteiger partial charge < -0.3 is 19.5 Å². The maximum Gasteiger partial charge on any atom is 0.338 e. The number of fused-ring (bicyclic) bond motifs is 1. The second kappa shape index (κ2) is 11.8. The molecule has 0 amide bonds. The molecule has 0 bridgehead atoms. The molecule has 4 rings (SSSR count). The van der Waals surface area contributed by atoms with Crippen LogP contribution in [0.4, 0.5) is 5.95 Å². The van der Waals surface area contributed by atoms with Crippen LogP contribution in [0.25, 0.3) is 0 Å². The molecular weight excluding hydrogens is 580 g/mol. The molecule has 1 aliphatic heterocycles. The number of rotatable bonds is 9. The van der Waals surface area contributed by atoms with Crippen molar-refractivity contribution >= 4 is 51.2 Å². The summed E-state index contributed by atoms with van der Waals surface area (Å²) in [5, 5.41) is 9.26. The summed E-state index contributed by atoms with van der Waals surface area (Å²) in [4.78, 5) is 18.0. The summed E-state index contributed by atoms with van der Waals surface area (Å²) in [7, 11) is 1.58. The zero-order chi connectivity index (χ0) is 26.7. The summed E-state index contributed by atoms with van der Waals surface area (Å²) in [6.45, 7) is 7.83. The van der Waals surface area contributed by atoms with Crippen LogP contribution in [-0.4, -0.2) is 40.6 Å². The van der Waals surface area contributed by atoms with Crippen molar-refractivity contribution in [1.29, 1.82) is 0 Å². The number of nitrogens with zero attached hydrogens (tertiary/aromatic N) is 3. The fraction of sp³-hybridized carbons (Fsp3) is 0.346. The summed E-state index contributed by atoms with van der Waals surface area (Å²) in [5.74, 6) is 1.82. The van der Waals surface area contributed by atoms with Crippen LogP contribution >= 0.6 is 39.3 Å². The Morgan fingerprint density at radius 2 is 2.05 bits per heavy atom. The van der Waals surface area contributed by atoms with E-state index in [0.717, 1.165) is 11.1 Å². The number of esters is 1. The Hall–Kier alpha value is -2.69. The summed E-state index contributed by atoms with van der Waals surface area (Å²) in [5.41, 5.74) is 2.83. The van der Waals surface area contributed by atoms with Gasteiger partial charge in [-0.05, 0) is 73.0 Å². The number of thioether (sulfide) groups is 1. The second-order valence-electron chi connectivity index (χ2n) is 8.53. The smallest absolute Gasteiger partial charge is 0.338 e. The largest absolute Gasteiger partial charge is 0.492 e. The predicted octanol–water partition coefficient (Wildman–Crippen LogP) is 6.63. The van der Waals surface area contributed by atoms with Gasteiger partial charge in [-0.3, -0.25) is 0 Å². The number of aromatic nitrogens is 3. The molecule has 2 aromatic carbocycles. The van der Waals surface area contributed by atoms with Gasteiger partial charge in [0.25, 0.3) is 0 Å². The van der Waals surface area contributed by atoms with E-state index < -0.39 is 12.0 Å². The minimum atomic E-state index is -0.605. The van der Waals surface area contributed by atoms with Gasteiger partial charge in [-0.2, -0.15) is 4.98 Å². The van der Waals surface area contributed by atoms with Gasteiger partial charge in [0.2, 0.25) is 11.1 Å². The number of benzene rings is 2. The van der Waals surface area contributed by atoms with Crippen molar-refractivity contribution in [2.45, 2.75) is 50.8 Å². The molecule has 37 heavy (non-hydrogen) atoms. The van der Waals surface area contributed by atoms with E-state index >= 15 is 0 Å². The number of hydrogen-bond donors (Lipinski definition) is 1. The predicted molar refractivity (Wildman–Crippen MR) is 149 cm³/mol. The lowest BCUT2D eigenvalue weighted by Gasteiger charge is -2.29. The Morgan fingerprint density at radius 3 is 2.73 bits per heavy atom. The number of carbonyl (C=O) groups is 1. The average molecular weight is 608 g/mol. The maximum atomic E-state index is 13.3. The van der Waals surface area contributed by atoms with E-state index in [1.807, 2.05) is 64.1 Å². The highest BCUT2D eigenvalue weighted by atomic mass is 79.9. The van der Waals surface area contributed by atoms with Crippen molar-refractivity contribution in [3.05, 3.63) is 68.3 Å². The van der Waals surface area contributed by atoms with Crippen LogP contribution in [0, 0.1) is 0 Å². The molecule has 3 aromatic rings. The third-order valence-electron chi connectivity index (χ3n) is 5.56. The van der Waals surface area contributed by atoms with Gasteiger partial charge >= 0.3 is 5.97 Å². The lowest BCUT2D eigenvalue weighted by atomic mass is 9.95. The van der Waals surface area contributed by atoms with Crippen LogP contribution < -0.4 is 14.8 Å². The highest BCUT2D eigenvalue weighted by Crippen LogP contribution is 2.43. The standard InChI is InChI=1S/C26H28BrClN4O4S/c1-6-35-20-12-17(11-18(27)23(20)34-5)22-21(24(33)36-14(2)3)15(4)29-25-30-26(31-32(22)25)37-13-16-9-7-8-10-19(16)28/h7-12,14,22H,6,13H2,1-5H3,(H,29,30,31). The van der Waals surface area contributed by atoms with Crippen molar-refractivity contribution in [2.24, 2.45) is 0 Å². The van der Waals surface area contributed by atoms with Crippen molar-refractivity contribution in [1.82, 2.24) is 14.8 Å². The number of carbonyl (C=O) groups excluding carboxylic acids is 1. The Morgan fingerprint density at radius 1 is 1.30 bits per heavy atom. The van der Waals surface area contributed by atoms with Gasteiger partial charge in [0.1, 0.15) is 6.04 Å². The number of nitrogens with one attached hydrogen (secondary N) is 1. The molecule has 1 N–H and O–H groups in total. The van der Waals surface area contributed by atoms with Crippen LogP contribution in [0.2, 0.25) is 5.02 Å². The van der Waals surface area contributed by atoms with Crippen molar-refractivity contribution in [3.63, 3.8) is 0 Å². The molecule has 1 aromatic heterocycles. The zero-order valence-corrected chi connectivity index (χ0v) is 24.3. The molecule has 1 unspecified atom stereocenters. The van der Waals surface area contributed by atoms with Crippen LogP contribution in [-0.2, 0) is 15.3 Å².